The Labute approximate surface area is 145 Å². The number of hydrogen-bond acceptors (Lipinski definition) is 1. The maximum absolute atomic E-state index is 12.2. The summed E-state index contributed by atoms with van der Waals surface area (Å²) in [5.74, 6) is 3.36. The predicted molar refractivity (Wildman–Crippen MR) is 91.9 cm³/mol. The average Bonchev–Trinajstić information content (AvgIpc) is 2.57. The van der Waals surface area contributed by atoms with Crippen LogP contribution in [0.25, 0.3) is 0 Å². The lowest BCUT2D eigenvalue weighted by Crippen LogP contribution is -2.26. The van der Waals surface area contributed by atoms with E-state index in [1.54, 1.807) is 7.11 Å². The van der Waals surface area contributed by atoms with Crippen LogP contribution in [-0.2, 0) is 4.74 Å². The highest BCUT2D eigenvalue weighted by Crippen LogP contribution is 2.42. The van der Waals surface area contributed by atoms with Crippen LogP contribution in [0.5, 0.6) is 0 Å². The van der Waals surface area contributed by atoms with Crippen molar-refractivity contribution >= 4 is 0 Å². The van der Waals surface area contributed by atoms with Crippen molar-refractivity contribution < 1.29 is 17.9 Å². The standard InChI is InChI=1S/C20H35F3O/c1-24-15-13-17-7-11-19(12-8-17)18-9-5-16(6-10-18)4-2-3-14-20(21,22)23/h16-19H,2-15H2,1H3. The summed E-state index contributed by atoms with van der Waals surface area (Å²) in [4.78, 5) is 0. The van der Waals surface area contributed by atoms with Gasteiger partial charge in [0.05, 0.1) is 0 Å². The molecule has 2 fully saturated rings. The van der Waals surface area contributed by atoms with E-state index >= 15 is 0 Å². The van der Waals surface area contributed by atoms with Crippen molar-refractivity contribution in [3.63, 3.8) is 0 Å². The molecule has 0 aromatic carbocycles. The molecular weight excluding hydrogens is 313 g/mol. The molecule has 0 atom stereocenters. The molecule has 2 aliphatic carbocycles. The van der Waals surface area contributed by atoms with Gasteiger partial charge >= 0.3 is 6.18 Å². The summed E-state index contributed by atoms with van der Waals surface area (Å²) in [6, 6.07) is 0. The Hall–Kier alpha value is -0.250. The molecule has 0 aliphatic heterocycles. The summed E-state index contributed by atoms with van der Waals surface area (Å²) in [7, 11) is 1.78. The van der Waals surface area contributed by atoms with Gasteiger partial charge in [-0.25, -0.2) is 0 Å². The monoisotopic (exact) mass is 348 g/mol. The van der Waals surface area contributed by atoms with Crippen LogP contribution in [-0.4, -0.2) is 19.9 Å². The molecule has 2 saturated carbocycles. The first kappa shape index (κ1) is 20.1. The van der Waals surface area contributed by atoms with Gasteiger partial charge < -0.3 is 4.74 Å². The second-order valence-electron chi connectivity index (χ2n) is 8.20. The Balaban J connectivity index is 1.56. The van der Waals surface area contributed by atoms with Crippen LogP contribution in [0.15, 0.2) is 0 Å². The van der Waals surface area contributed by atoms with E-state index in [0.29, 0.717) is 12.3 Å². The van der Waals surface area contributed by atoms with Gasteiger partial charge in [0.15, 0.2) is 0 Å². The molecule has 0 aromatic rings. The first-order valence-electron chi connectivity index (χ1n) is 10.0. The molecule has 4 heteroatoms. The number of unbranched alkanes of at least 4 members (excludes halogenated alkanes) is 1. The number of rotatable bonds is 8. The molecule has 0 spiro atoms. The first-order valence-corrected chi connectivity index (χ1v) is 10.0. The number of alkyl halides is 3. The molecule has 2 aliphatic rings. The zero-order valence-corrected chi connectivity index (χ0v) is 15.3. The molecule has 0 unspecified atom stereocenters. The van der Waals surface area contributed by atoms with Crippen LogP contribution >= 0.6 is 0 Å². The lowest BCUT2D eigenvalue weighted by molar-refractivity contribution is -0.135. The summed E-state index contributed by atoms with van der Waals surface area (Å²) in [5.41, 5.74) is 0. The lowest BCUT2D eigenvalue weighted by atomic mass is 9.68. The summed E-state index contributed by atoms with van der Waals surface area (Å²) >= 11 is 0. The topological polar surface area (TPSA) is 9.23 Å². The Kier molecular flexibility index (Phi) is 8.39. The number of ether oxygens (including phenoxy) is 1. The first-order chi connectivity index (χ1) is 11.5. The van der Waals surface area contributed by atoms with Crippen molar-refractivity contribution in [2.45, 2.75) is 89.6 Å². The molecule has 0 amide bonds. The zero-order valence-electron chi connectivity index (χ0n) is 15.3. The Morgan fingerprint density at radius 3 is 1.71 bits per heavy atom. The van der Waals surface area contributed by atoms with Gasteiger partial charge in [-0.3, -0.25) is 0 Å². The van der Waals surface area contributed by atoms with E-state index in [1.807, 2.05) is 0 Å². The van der Waals surface area contributed by atoms with Gasteiger partial charge in [-0.15, -0.1) is 0 Å². The third kappa shape index (κ3) is 7.33. The van der Waals surface area contributed by atoms with E-state index in [4.69, 9.17) is 4.74 Å². The molecule has 24 heavy (non-hydrogen) atoms. The SMILES string of the molecule is COCCC1CCC(C2CCC(CCCCC(F)(F)F)CC2)CC1. The van der Waals surface area contributed by atoms with Gasteiger partial charge in [0.25, 0.3) is 0 Å². The molecule has 0 radical (unpaired) electrons. The minimum atomic E-state index is -3.97. The largest absolute Gasteiger partial charge is 0.389 e. The van der Waals surface area contributed by atoms with Gasteiger partial charge in [0.2, 0.25) is 0 Å². The summed E-state index contributed by atoms with van der Waals surface area (Å²) in [6.07, 6.45) is 9.35. The van der Waals surface area contributed by atoms with Crippen molar-refractivity contribution in [1.82, 2.24) is 0 Å². The Bertz CT molecular complexity index is 326. The molecule has 0 bridgehead atoms. The molecule has 0 N–H and O–H groups in total. The summed E-state index contributed by atoms with van der Waals surface area (Å²) in [5, 5.41) is 0. The van der Waals surface area contributed by atoms with Crippen LogP contribution in [0.2, 0.25) is 0 Å². The number of halogens is 3. The average molecular weight is 348 g/mol. The highest BCUT2D eigenvalue weighted by molar-refractivity contribution is 4.82. The fraction of sp³-hybridized carbons (Fsp3) is 1.00. The number of hydrogen-bond donors (Lipinski definition) is 0. The zero-order chi connectivity index (χ0) is 17.4. The van der Waals surface area contributed by atoms with E-state index in [1.165, 1.54) is 57.8 Å². The van der Waals surface area contributed by atoms with Crippen molar-refractivity contribution in [2.24, 2.45) is 23.7 Å². The van der Waals surface area contributed by atoms with Gasteiger partial charge in [0.1, 0.15) is 0 Å². The second-order valence-corrected chi connectivity index (χ2v) is 8.20. The van der Waals surface area contributed by atoms with E-state index in [2.05, 4.69) is 0 Å². The molecule has 142 valence electrons. The quantitative estimate of drug-likeness (QED) is 0.440. The minimum Gasteiger partial charge on any atom is -0.385 e. The lowest BCUT2D eigenvalue weighted by Gasteiger charge is -2.38. The van der Waals surface area contributed by atoms with Crippen molar-refractivity contribution in [1.29, 1.82) is 0 Å². The van der Waals surface area contributed by atoms with Crippen molar-refractivity contribution in [2.75, 3.05) is 13.7 Å². The highest BCUT2D eigenvalue weighted by Gasteiger charge is 2.31. The van der Waals surface area contributed by atoms with Crippen LogP contribution in [0.1, 0.15) is 83.5 Å². The fourth-order valence-corrected chi connectivity index (χ4v) is 4.94. The number of methoxy groups -OCH3 is 1. The molecule has 0 saturated heterocycles. The third-order valence-corrected chi connectivity index (χ3v) is 6.50. The molecule has 0 heterocycles. The molecule has 1 nitrogen and oxygen atoms in total. The summed E-state index contributed by atoms with van der Waals surface area (Å²) < 4.78 is 41.7. The highest BCUT2D eigenvalue weighted by atomic mass is 19.4. The van der Waals surface area contributed by atoms with E-state index < -0.39 is 12.6 Å². The van der Waals surface area contributed by atoms with Crippen molar-refractivity contribution in [3.8, 4) is 0 Å². The maximum atomic E-state index is 12.2. The van der Waals surface area contributed by atoms with E-state index in [-0.39, 0.29) is 0 Å². The van der Waals surface area contributed by atoms with Gasteiger partial charge in [-0.1, -0.05) is 38.5 Å². The Morgan fingerprint density at radius 1 is 0.750 bits per heavy atom. The minimum absolute atomic E-state index is 0.314. The molecule has 2 rings (SSSR count). The molecule has 0 aromatic heterocycles. The van der Waals surface area contributed by atoms with Gasteiger partial charge in [0, 0.05) is 20.1 Å². The van der Waals surface area contributed by atoms with Crippen LogP contribution in [0.3, 0.4) is 0 Å². The normalized spacial score (nSPS) is 32.0. The fourth-order valence-electron chi connectivity index (χ4n) is 4.94. The predicted octanol–water partition coefficient (Wildman–Crippen LogP) is 6.76. The van der Waals surface area contributed by atoms with E-state index in [0.717, 1.165) is 37.2 Å². The third-order valence-electron chi connectivity index (χ3n) is 6.50. The van der Waals surface area contributed by atoms with Crippen LogP contribution < -0.4 is 0 Å². The summed E-state index contributed by atoms with van der Waals surface area (Å²) in [6.45, 7) is 0.898. The van der Waals surface area contributed by atoms with Crippen LogP contribution in [0.4, 0.5) is 13.2 Å². The van der Waals surface area contributed by atoms with Crippen molar-refractivity contribution in [3.05, 3.63) is 0 Å². The van der Waals surface area contributed by atoms with Gasteiger partial charge in [-0.05, 0) is 62.2 Å². The van der Waals surface area contributed by atoms with Gasteiger partial charge in [-0.2, -0.15) is 13.2 Å². The van der Waals surface area contributed by atoms with E-state index in [9.17, 15) is 13.2 Å². The van der Waals surface area contributed by atoms with Crippen LogP contribution in [0, 0.1) is 23.7 Å². The second kappa shape index (κ2) is 10.0. The maximum Gasteiger partial charge on any atom is 0.389 e. The molecular formula is C20H35F3O. The smallest absolute Gasteiger partial charge is 0.385 e. The Morgan fingerprint density at radius 2 is 1.25 bits per heavy atom.